The second-order valence-electron chi connectivity index (χ2n) is 5.00. The lowest BCUT2D eigenvalue weighted by Crippen LogP contribution is -2.38. The number of hydrogen-bond donors (Lipinski definition) is 2. The summed E-state index contributed by atoms with van der Waals surface area (Å²) >= 11 is 0. The standard InChI is InChI=1S/C13H21FN2/c1-5-13(3,4)12(16-15)10-6-9(2)7-11(14)8-10/h6-8,12,16H,5,15H2,1-4H3. The van der Waals surface area contributed by atoms with Crippen LogP contribution < -0.4 is 11.3 Å². The van der Waals surface area contributed by atoms with E-state index in [1.165, 1.54) is 6.07 Å². The summed E-state index contributed by atoms with van der Waals surface area (Å²) in [5, 5.41) is 0. The molecular formula is C13H21FN2. The summed E-state index contributed by atoms with van der Waals surface area (Å²) < 4.78 is 13.3. The average molecular weight is 224 g/mol. The van der Waals surface area contributed by atoms with E-state index < -0.39 is 0 Å². The first-order valence-electron chi connectivity index (χ1n) is 5.64. The minimum absolute atomic E-state index is 0.00498. The predicted molar refractivity (Wildman–Crippen MR) is 65.3 cm³/mol. The molecule has 0 amide bonds. The lowest BCUT2D eigenvalue weighted by Gasteiger charge is -2.33. The molecule has 2 nitrogen and oxygen atoms in total. The molecule has 0 aliphatic carbocycles. The number of benzene rings is 1. The smallest absolute Gasteiger partial charge is 0.123 e. The van der Waals surface area contributed by atoms with Crippen molar-refractivity contribution in [3.63, 3.8) is 0 Å². The molecule has 1 unspecified atom stereocenters. The van der Waals surface area contributed by atoms with Crippen LogP contribution in [0.3, 0.4) is 0 Å². The maximum absolute atomic E-state index is 13.3. The highest BCUT2D eigenvalue weighted by molar-refractivity contribution is 5.27. The molecule has 0 saturated carbocycles. The predicted octanol–water partition coefficient (Wildman–Crippen LogP) is 3.07. The molecule has 1 aromatic rings. The molecule has 1 aromatic carbocycles. The molecule has 0 saturated heterocycles. The fourth-order valence-corrected chi connectivity index (χ4v) is 1.91. The molecule has 0 bridgehead atoms. The van der Waals surface area contributed by atoms with Crippen molar-refractivity contribution < 1.29 is 4.39 Å². The van der Waals surface area contributed by atoms with Crippen LogP contribution in [0.2, 0.25) is 0 Å². The zero-order chi connectivity index (χ0) is 12.3. The van der Waals surface area contributed by atoms with Crippen LogP contribution in [0.15, 0.2) is 18.2 Å². The fraction of sp³-hybridized carbons (Fsp3) is 0.538. The molecule has 3 N–H and O–H groups in total. The van der Waals surface area contributed by atoms with Gasteiger partial charge in [0.1, 0.15) is 5.82 Å². The Hall–Kier alpha value is -0.930. The number of hydrazine groups is 1. The Morgan fingerprint density at radius 1 is 1.38 bits per heavy atom. The van der Waals surface area contributed by atoms with Crippen LogP contribution in [0.5, 0.6) is 0 Å². The number of hydrogen-bond acceptors (Lipinski definition) is 2. The van der Waals surface area contributed by atoms with Crippen molar-refractivity contribution in [3.8, 4) is 0 Å². The quantitative estimate of drug-likeness (QED) is 0.609. The van der Waals surface area contributed by atoms with Crippen molar-refractivity contribution in [2.45, 2.75) is 40.2 Å². The van der Waals surface area contributed by atoms with Gasteiger partial charge in [-0.3, -0.25) is 11.3 Å². The summed E-state index contributed by atoms with van der Waals surface area (Å²) in [6, 6.07) is 5.02. The van der Waals surface area contributed by atoms with Gasteiger partial charge in [-0.1, -0.05) is 26.8 Å². The van der Waals surface area contributed by atoms with E-state index in [1.807, 2.05) is 13.0 Å². The third-order valence-corrected chi connectivity index (χ3v) is 3.26. The number of halogens is 1. The summed E-state index contributed by atoms with van der Waals surface area (Å²) in [4.78, 5) is 0. The third-order valence-electron chi connectivity index (χ3n) is 3.26. The minimum atomic E-state index is -0.206. The third kappa shape index (κ3) is 2.80. The molecule has 0 aliphatic rings. The van der Waals surface area contributed by atoms with E-state index in [0.29, 0.717) is 0 Å². The van der Waals surface area contributed by atoms with E-state index >= 15 is 0 Å². The zero-order valence-electron chi connectivity index (χ0n) is 10.5. The number of nitrogens with two attached hydrogens (primary N) is 1. The highest BCUT2D eigenvalue weighted by Crippen LogP contribution is 2.36. The van der Waals surface area contributed by atoms with E-state index in [1.54, 1.807) is 6.07 Å². The van der Waals surface area contributed by atoms with E-state index in [-0.39, 0.29) is 17.3 Å². The Bertz CT molecular complexity index is 341. The van der Waals surface area contributed by atoms with Gasteiger partial charge in [0, 0.05) is 0 Å². The van der Waals surface area contributed by atoms with Crippen LogP contribution in [-0.2, 0) is 0 Å². The Morgan fingerprint density at radius 2 is 2.00 bits per heavy atom. The Balaban J connectivity index is 3.13. The van der Waals surface area contributed by atoms with Crippen LogP contribution in [0.25, 0.3) is 0 Å². The van der Waals surface area contributed by atoms with E-state index in [2.05, 4.69) is 26.2 Å². The van der Waals surface area contributed by atoms with Crippen molar-refractivity contribution in [2.75, 3.05) is 0 Å². The minimum Gasteiger partial charge on any atom is -0.271 e. The molecule has 1 atom stereocenters. The van der Waals surface area contributed by atoms with Gasteiger partial charge in [0.05, 0.1) is 6.04 Å². The summed E-state index contributed by atoms with van der Waals surface area (Å²) in [7, 11) is 0. The molecular weight excluding hydrogens is 203 g/mol. The monoisotopic (exact) mass is 224 g/mol. The molecule has 0 spiro atoms. The van der Waals surface area contributed by atoms with Crippen LogP contribution in [0, 0.1) is 18.2 Å². The highest BCUT2D eigenvalue weighted by atomic mass is 19.1. The first kappa shape index (κ1) is 13.1. The molecule has 0 heterocycles. The highest BCUT2D eigenvalue weighted by Gasteiger charge is 2.28. The molecule has 0 fully saturated rings. The van der Waals surface area contributed by atoms with Gasteiger partial charge < -0.3 is 0 Å². The van der Waals surface area contributed by atoms with Crippen molar-refractivity contribution in [1.29, 1.82) is 0 Å². The second-order valence-corrected chi connectivity index (χ2v) is 5.00. The second kappa shape index (κ2) is 4.93. The number of nitrogens with one attached hydrogen (secondary N) is 1. The summed E-state index contributed by atoms with van der Waals surface area (Å²) in [5.74, 6) is 5.39. The van der Waals surface area contributed by atoms with Crippen LogP contribution in [-0.4, -0.2) is 0 Å². The van der Waals surface area contributed by atoms with E-state index in [9.17, 15) is 4.39 Å². The van der Waals surface area contributed by atoms with Gasteiger partial charge in [0.15, 0.2) is 0 Å². The van der Waals surface area contributed by atoms with Crippen LogP contribution in [0.1, 0.15) is 44.4 Å². The van der Waals surface area contributed by atoms with Crippen molar-refractivity contribution in [2.24, 2.45) is 11.3 Å². The fourth-order valence-electron chi connectivity index (χ4n) is 1.91. The Morgan fingerprint density at radius 3 is 2.44 bits per heavy atom. The summed E-state index contributed by atoms with van der Waals surface area (Å²) in [6.07, 6.45) is 0.970. The molecule has 90 valence electrons. The first-order valence-corrected chi connectivity index (χ1v) is 5.64. The molecule has 0 aromatic heterocycles. The Labute approximate surface area is 97.0 Å². The van der Waals surface area contributed by atoms with Gasteiger partial charge in [0.2, 0.25) is 0 Å². The lowest BCUT2D eigenvalue weighted by atomic mass is 9.78. The maximum Gasteiger partial charge on any atom is 0.123 e. The normalized spacial score (nSPS) is 13.9. The SMILES string of the molecule is CCC(C)(C)C(NN)c1cc(C)cc(F)c1. The van der Waals surface area contributed by atoms with Crippen molar-refractivity contribution in [1.82, 2.24) is 5.43 Å². The van der Waals surface area contributed by atoms with Gasteiger partial charge in [0.25, 0.3) is 0 Å². The molecule has 0 radical (unpaired) electrons. The van der Waals surface area contributed by atoms with Gasteiger partial charge in [-0.05, 0) is 42.0 Å². The number of rotatable bonds is 4. The van der Waals surface area contributed by atoms with Crippen LogP contribution >= 0.6 is 0 Å². The van der Waals surface area contributed by atoms with E-state index in [0.717, 1.165) is 17.5 Å². The van der Waals surface area contributed by atoms with Gasteiger partial charge in [-0.15, -0.1) is 0 Å². The molecule has 1 rings (SSSR count). The topological polar surface area (TPSA) is 38.0 Å². The molecule has 3 heteroatoms. The summed E-state index contributed by atoms with van der Waals surface area (Å²) in [5.41, 5.74) is 4.62. The first-order chi connectivity index (χ1) is 7.40. The van der Waals surface area contributed by atoms with Gasteiger partial charge in [-0.2, -0.15) is 0 Å². The van der Waals surface area contributed by atoms with Crippen molar-refractivity contribution >= 4 is 0 Å². The molecule has 16 heavy (non-hydrogen) atoms. The molecule has 0 aliphatic heterocycles. The van der Waals surface area contributed by atoms with Crippen LogP contribution in [0.4, 0.5) is 4.39 Å². The summed E-state index contributed by atoms with van der Waals surface area (Å²) in [6.45, 7) is 8.24. The number of aryl methyl sites for hydroxylation is 1. The maximum atomic E-state index is 13.3. The largest absolute Gasteiger partial charge is 0.271 e. The van der Waals surface area contributed by atoms with E-state index in [4.69, 9.17) is 5.84 Å². The zero-order valence-corrected chi connectivity index (χ0v) is 10.5. The average Bonchev–Trinajstić information content (AvgIpc) is 2.16. The van der Waals surface area contributed by atoms with Crippen molar-refractivity contribution in [3.05, 3.63) is 35.1 Å². The van der Waals surface area contributed by atoms with Gasteiger partial charge >= 0.3 is 0 Å². The van der Waals surface area contributed by atoms with Gasteiger partial charge in [-0.25, -0.2) is 4.39 Å². The Kier molecular flexibility index (Phi) is 4.05. The lowest BCUT2D eigenvalue weighted by molar-refractivity contribution is 0.235.